The van der Waals surface area contributed by atoms with E-state index in [0.29, 0.717) is 20.8 Å². The highest BCUT2D eigenvalue weighted by Crippen LogP contribution is 2.22. The number of carbonyl (C=O) groups excluding carboxylic acids is 1. The summed E-state index contributed by atoms with van der Waals surface area (Å²) in [6.45, 7) is 0. The van der Waals surface area contributed by atoms with Crippen molar-refractivity contribution >= 4 is 33.1 Å². The summed E-state index contributed by atoms with van der Waals surface area (Å²) in [5.41, 5.74) is -0.264. The Bertz CT molecular complexity index is 985. The minimum Gasteiger partial charge on any atom is -0.320 e. The fraction of sp³-hybridized carbons (Fsp3) is 0.143. The molecule has 0 saturated carbocycles. The largest absolute Gasteiger partial charge is 0.331 e. The minimum atomic E-state index is -0.418. The molecule has 0 aliphatic carbocycles. The van der Waals surface area contributed by atoms with Crippen LogP contribution in [0.5, 0.6) is 0 Å². The van der Waals surface area contributed by atoms with E-state index in [1.807, 2.05) is 0 Å². The van der Waals surface area contributed by atoms with Crippen LogP contribution in [0.4, 0.5) is 5.69 Å². The van der Waals surface area contributed by atoms with Crippen LogP contribution in [0.25, 0.3) is 10.2 Å². The molecule has 0 fully saturated rings. The topological polar surface area (TPSA) is 86.0 Å². The van der Waals surface area contributed by atoms with E-state index in [9.17, 15) is 14.4 Å². The Morgan fingerprint density at radius 3 is 2.73 bits per heavy atom. The average molecular weight is 316 g/mol. The Morgan fingerprint density at radius 1 is 1.27 bits per heavy atom. The van der Waals surface area contributed by atoms with Crippen molar-refractivity contribution in [3.05, 3.63) is 56.3 Å². The lowest BCUT2D eigenvalue weighted by Gasteiger charge is -2.02. The van der Waals surface area contributed by atoms with Gasteiger partial charge in [-0.05, 0) is 18.2 Å². The number of nitrogens with one attached hydrogen (secondary N) is 1. The highest BCUT2D eigenvalue weighted by atomic mass is 32.1. The molecule has 3 rings (SSSR count). The van der Waals surface area contributed by atoms with E-state index in [4.69, 9.17) is 0 Å². The number of aromatic nitrogens is 3. The maximum Gasteiger partial charge on any atom is 0.331 e. The molecule has 8 heteroatoms. The monoisotopic (exact) mass is 316 g/mol. The van der Waals surface area contributed by atoms with Gasteiger partial charge in [0, 0.05) is 20.3 Å². The first kappa shape index (κ1) is 14.2. The zero-order chi connectivity index (χ0) is 15.9. The molecule has 3 aromatic rings. The second-order valence-corrected chi connectivity index (χ2v) is 5.76. The molecule has 0 aliphatic rings. The van der Waals surface area contributed by atoms with Crippen molar-refractivity contribution in [2.24, 2.45) is 14.1 Å². The quantitative estimate of drug-likeness (QED) is 0.762. The van der Waals surface area contributed by atoms with Gasteiger partial charge in [-0.25, -0.2) is 4.79 Å². The fourth-order valence-electron chi connectivity index (χ4n) is 2.10. The van der Waals surface area contributed by atoms with Gasteiger partial charge < -0.3 is 5.32 Å². The molecule has 0 aliphatic heterocycles. The molecule has 0 radical (unpaired) electrons. The second kappa shape index (κ2) is 5.23. The van der Waals surface area contributed by atoms with E-state index >= 15 is 0 Å². The summed E-state index contributed by atoms with van der Waals surface area (Å²) in [5, 5.41) is 3.05. The van der Waals surface area contributed by atoms with Crippen LogP contribution in [0.15, 0.2) is 40.2 Å². The summed E-state index contributed by atoms with van der Waals surface area (Å²) < 4.78 is 2.39. The molecule has 7 nitrogen and oxygen atoms in total. The molecule has 0 bridgehead atoms. The van der Waals surface area contributed by atoms with Crippen molar-refractivity contribution in [1.82, 2.24) is 14.1 Å². The molecule has 0 aromatic carbocycles. The van der Waals surface area contributed by atoms with Gasteiger partial charge in [0.2, 0.25) is 0 Å². The number of hydrogen-bond acceptors (Lipinski definition) is 5. The van der Waals surface area contributed by atoms with E-state index in [-0.39, 0.29) is 5.91 Å². The molecule has 0 spiro atoms. The average Bonchev–Trinajstić information content (AvgIpc) is 2.97. The van der Waals surface area contributed by atoms with Crippen LogP contribution in [-0.2, 0) is 14.1 Å². The summed E-state index contributed by atoms with van der Waals surface area (Å²) in [6.07, 6.45) is 3.13. The normalized spacial score (nSPS) is 10.8. The number of nitrogens with zero attached hydrogens (tertiary/aromatic N) is 3. The molecule has 1 amide bonds. The van der Waals surface area contributed by atoms with Gasteiger partial charge >= 0.3 is 5.69 Å². The van der Waals surface area contributed by atoms with Crippen molar-refractivity contribution in [3.63, 3.8) is 0 Å². The molecule has 3 aromatic heterocycles. The number of rotatable bonds is 2. The second-order valence-electron chi connectivity index (χ2n) is 4.73. The first-order chi connectivity index (χ1) is 10.5. The van der Waals surface area contributed by atoms with Gasteiger partial charge in [0.1, 0.15) is 4.83 Å². The Balaban J connectivity index is 2.08. The molecular formula is C14H12N4O3S. The molecule has 1 N–H and O–H groups in total. The van der Waals surface area contributed by atoms with Crippen LogP contribution in [-0.4, -0.2) is 20.0 Å². The van der Waals surface area contributed by atoms with E-state index in [1.165, 1.54) is 23.9 Å². The SMILES string of the molecule is Cn1c(=O)c2cc(C(=O)Nc3cccnc3)sc2n(C)c1=O. The van der Waals surface area contributed by atoms with Crippen molar-refractivity contribution in [1.29, 1.82) is 0 Å². The Labute approximate surface area is 128 Å². The van der Waals surface area contributed by atoms with Gasteiger partial charge in [-0.3, -0.25) is 23.7 Å². The predicted molar refractivity (Wildman–Crippen MR) is 84.5 cm³/mol. The van der Waals surface area contributed by atoms with Crippen LogP contribution in [0.3, 0.4) is 0 Å². The van der Waals surface area contributed by atoms with Gasteiger partial charge in [0.25, 0.3) is 11.5 Å². The molecule has 22 heavy (non-hydrogen) atoms. The van der Waals surface area contributed by atoms with E-state index in [1.54, 1.807) is 25.4 Å². The summed E-state index contributed by atoms with van der Waals surface area (Å²) in [7, 11) is 2.99. The van der Waals surface area contributed by atoms with E-state index < -0.39 is 11.2 Å². The molecule has 0 unspecified atom stereocenters. The zero-order valence-electron chi connectivity index (χ0n) is 11.9. The maximum absolute atomic E-state index is 12.3. The van der Waals surface area contributed by atoms with Gasteiger partial charge in [0.15, 0.2) is 0 Å². The lowest BCUT2D eigenvalue weighted by molar-refractivity contribution is 0.103. The van der Waals surface area contributed by atoms with Crippen molar-refractivity contribution in [2.75, 3.05) is 5.32 Å². The number of hydrogen-bond donors (Lipinski definition) is 1. The summed E-state index contributed by atoms with van der Waals surface area (Å²) in [5.74, 6) is -0.344. The van der Waals surface area contributed by atoms with Crippen LogP contribution < -0.4 is 16.6 Å². The fourth-order valence-corrected chi connectivity index (χ4v) is 3.10. The number of aryl methyl sites for hydroxylation is 1. The first-order valence-electron chi connectivity index (χ1n) is 6.40. The maximum atomic E-state index is 12.3. The van der Waals surface area contributed by atoms with Crippen LogP contribution >= 0.6 is 11.3 Å². The van der Waals surface area contributed by atoms with E-state index in [0.717, 1.165) is 15.9 Å². The summed E-state index contributed by atoms with van der Waals surface area (Å²) >= 11 is 1.11. The Morgan fingerprint density at radius 2 is 2.05 bits per heavy atom. The minimum absolute atomic E-state index is 0.344. The highest BCUT2D eigenvalue weighted by molar-refractivity contribution is 7.20. The smallest absolute Gasteiger partial charge is 0.320 e. The lowest BCUT2D eigenvalue weighted by Crippen LogP contribution is -2.36. The number of carbonyl (C=O) groups is 1. The third-order valence-corrected chi connectivity index (χ3v) is 4.48. The number of thiophene rings is 1. The van der Waals surface area contributed by atoms with Crippen LogP contribution in [0, 0.1) is 0 Å². The molecule has 112 valence electrons. The number of pyridine rings is 1. The zero-order valence-corrected chi connectivity index (χ0v) is 12.7. The van der Waals surface area contributed by atoms with Gasteiger partial charge in [-0.15, -0.1) is 11.3 Å². The predicted octanol–water partition coefficient (Wildman–Crippen LogP) is 0.946. The van der Waals surface area contributed by atoms with Gasteiger partial charge in [0.05, 0.1) is 22.1 Å². The van der Waals surface area contributed by atoms with E-state index in [2.05, 4.69) is 10.3 Å². The van der Waals surface area contributed by atoms with Crippen molar-refractivity contribution in [3.8, 4) is 0 Å². The van der Waals surface area contributed by atoms with Crippen molar-refractivity contribution in [2.45, 2.75) is 0 Å². The summed E-state index contributed by atoms with van der Waals surface area (Å²) in [4.78, 5) is 41.0. The Kier molecular flexibility index (Phi) is 3.38. The number of anilines is 1. The highest BCUT2D eigenvalue weighted by Gasteiger charge is 2.16. The van der Waals surface area contributed by atoms with Crippen molar-refractivity contribution < 1.29 is 4.79 Å². The van der Waals surface area contributed by atoms with Gasteiger partial charge in [-0.2, -0.15) is 0 Å². The Hall–Kier alpha value is -2.74. The molecular weight excluding hydrogens is 304 g/mol. The van der Waals surface area contributed by atoms with Crippen LogP contribution in [0.1, 0.15) is 9.67 Å². The molecule has 0 saturated heterocycles. The first-order valence-corrected chi connectivity index (χ1v) is 7.21. The number of fused-ring (bicyclic) bond motifs is 1. The standard InChI is InChI=1S/C14H12N4O3S/c1-17-12(20)9-6-10(22-13(9)18(2)14(17)21)11(19)16-8-4-3-5-15-7-8/h3-7H,1-2H3,(H,16,19). The lowest BCUT2D eigenvalue weighted by atomic mass is 10.3. The number of amides is 1. The third kappa shape index (κ3) is 2.23. The van der Waals surface area contributed by atoms with Gasteiger partial charge in [-0.1, -0.05) is 0 Å². The van der Waals surface area contributed by atoms with Crippen LogP contribution in [0.2, 0.25) is 0 Å². The molecule has 3 heterocycles. The summed E-state index contributed by atoms with van der Waals surface area (Å²) in [6, 6.07) is 4.93. The third-order valence-electron chi connectivity index (χ3n) is 3.27. The molecule has 0 atom stereocenters.